The van der Waals surface area contributed by atoms with Crippen LogP contribution in [0.15, 0.2) is 47.4 Å². The molecule has 0 amide bonds. The Morgan fingerprint density at radius 2 is 1.76 bits per heavy atom. The van der Waals surface area contributed by atoms with E-state index >= 15 is 0 Å². The molecule has 0 radical (unpaired) electrons. The Kier molecular flexibility index (Phi) is 4.95. The third-order valence-electron chi connectivity index (χ3n) is 3.24. The van der Waals surface area contributed by atoms with E-state index in [-0.39, 0.29) is 12.2 Å². The van der Waals surface area contributed by atoms with Crippen molar-refractivity contribution in [2.75, 3.05) is 25.6 Å². The number of benzene rings is 1. The Morgan fingerprint density at radius 3 is 2.33 bits per heavy atom. The molecule has 1 aromatic heterocycles. The van der Waals surface area contributed by atoms with E-state index in [1.54, 1.807) is 12.3 Å². The molecule has 0 bridgehead atoms. The quantitative estimate of drug-likeness (QED) is 0.914. The van der Waals surface area contributed by atoms with Crippen LogP contribution < -0.4 is 10.5 Å². The zero-order valence-corrected chi connectivity index (χ0v) is 12.4. The second kappa shape index (κ2) is 6.90. The first-order chi connectivity index (χ1) is 10.1. The van der Waals surface area contributed by atoms with Crippen molar-refractivity contribution >= 4 is 17.8 Å². The molecule has 21 heavy (non-hydrogen) atoms. The van der Waals surface area contributed by atoms with E-state index in [0.717, 1.165) is 16.8 Å². The van der Waals surface area contributed by atoms with Crippen molar-refractivity contribution in [3.63, 3.8) is 0 Å². The molecule has 0 saturated carbocycles. The second-order valence-electron chi connectivity index (χ2n) is 5.03. The van der Waals surface area contributed by atoms with E-state index in [9.17, 15) is 4.79 Å². The number of pyridine rings is 1. The predicted octanol–water partition coefficient (Wildman–Crippen LogP) is 2.08. The SMILES string of the molecule is CN(C)c1ccc(/C=C/c2ccn(CCO)c(=O)c2)cc1. The number of hydrogen-bond acceptors (Lipinski definition) is 3. The van der Waals surface area contributed by atoms with E-state index in [1.807, 2.05) is 49.3 Å². The highest BCUT2D eigenvalue weighted by Gasteiger charge is 1.96. The minimum atomic E-state index is -0.103. The first-order valence-corrected chi connectivity index (χ1v) is 6.87. The minimum Gasteiger partial charge on any atom is -0.395 e. The molecular weight excluding hydrogens is 264 g/mol. The standard InChI is InChI=1S/C17H20N2O2/c1-18(2)16-7-5-14(6-8-16)3-4-15-9-10-19(11-12-20)17(21)13-15/h3-10,13,20H,11-12H2,1-2H3/b4-3+. The fourth-order valence-corrected chi connectivity index (χ4v) is 2.00. The van der Waals surface area contributed by atoms with Gasteiger partial charge in [-0.2, -0.15) is 0 Å². The summed E-state index contributed by atoms with van der Waals surface area (Å²) in [5.74, 6) is 0. The summed E-state index contributed by atoms with van der Waals surface area (Å²) in [5.41, 5.74) is 2.99. The van der Waals surface area contributed by atoms with Crippen LogP contribution in [0.3, 0.4) is 0 Å². The average molecular weight is 284 g/mol. The fourth-order valence-electron chi connectivity index (χ4n) is 2.00. The van der Waals surface area contributed by atoms with Crippen LogP contribution in [0.1, 0.15) is 11.1 Å². The van der Waals surface area contributed by atoms with Crippen molar-refractivity contribution in [3.05, 3.63) is 64.1 Å². The Labute approximate surface area is 124 Å². The number of aromatic nitrogens is 1. The number of aliphatic hydroxyl groups excluding tert-OH is 1. The predicted molar refractivity (Wildman–Crippen MR) is 87.5 cm³/mol. The average Bonchev–Trinajstić information content (AvgIpc) is 2.48. The molecule has 0 unspecified atom stereocenters. The molecule has 0 fully saturated rings. The van der Waals surface area contributed by atoms with Crippen molar-refractivity contribution in [3.8, 4) is 0 Å². The molecule has 2 aromatic rings. The summed E-state index contributed by atoms with van der Waals surface area (Å²) in [6.07, 6.45) is 5.59. The van der Waals surface area contributed by atoms with Gasteiger partial charge in [0.25, 0.3) is 5.56 Å². The van der Waals surface area contributed by atoms with Gasteiger partial charge in [0.15, 0.2) is 0 Å². The third kappa shape index (κ3) is 4.07. The highest BCUT2D eigenvalue weighted by Crippen LogP contribution is 2.14. The van der Waals surface area contributed by atoms with Gasteiger partial charge < -0.3 is 14.6 Å². The highest BCUT2D eigenvalue weighted by molar-refractivity contribution is 5.70. The summed E-state index contributed by atoms with van der Waals surface area (Å²) < 4.78 is 1.49. The highest BCUT2D eigenvalue weighted by atomic mass is 16.3. The van der Waals surface area contributed by atoms with Crippen molar-refractivity contribution in [2.24, 2.45) is 0 Å². The molecule has 110 valence electrons. The molecule has 4 nitrogen and oxygen atoms in total. The van der Waals surface area contributed by atoms with Crippen molar-refractivity contribution in [1.82, 2.24) is 4.57 Å². The Balaban J connectivity index is 2.13. The van der Waals surface area contributed by atoms with Gasteiger partial charge in [-0.05, 0) is 29.3 Å². The molecular formula is C17H20N2O2. The number of rotatable bonds is 5. The van der Waals surface area contributed by atoms with Crippen LogP contribution in [0, 0.1) is 0 Å². The monoisotopic (exact) mass is 284 g/mol. The molecule has 2 rings (SSSR count). The summed E-state index contributed by atoms with van der Waals surface area (Å²) in [7, 11) is 4.01. The zero-order valence-electron chi connectivity index (χ0n) is 12.4. The largest absolute Gasteiger partial charge is 0.395 e. The maximum Gasteiger partial charge on any atom is 0.251 e. The van der Waals surface area contributed by atoms with Crippen molar-refractivity contribution < 1.29 is 5.11 Å². The summed E-state index contributed by atoms with van der Waals surface area (Å²) in [5, 5.41) is 8.85. The maximum absolute atomic E-state index is 11.8. The van der Waals surface area contributed by atoms with Crippen LogP contribution in [0.25, 0.3) is 12.2 Å². The van der Waals surface area contributed by atoms with Gasteiger partial charge in [-0.15, -0.1) is 0 Å². The van der Waals surface area contributed by atoms with Gasteiger partial charge in [0.05, 0.1) is 6.61 Å². The van der Waals surface area contributed by atoms with Crippen LogP contribution in [0.5, 0.6) is 0 Å². The Morgan fingerprint density at radius 1 is 1.10 bits per heavy atom. The minimum absolute atomic E-state index is 0.0344. The van der Waals surface area contributed by atoms with Crippen molar-refractivity contribution in [2.45, 2.75) is 6.54 Å². The Hall–Kier alpha value is -2.33. The summed E-state index contributed by atoms with van der Waals surface area (Å²) in [6.45, 7) is 0.294. The van der Waals surface area contributed by atoms with Gasteiger partial charge in [0.1, 0.15) is 0 Å². The first kappa shape index (κ1) is 15.1. The van der Waals surface area contributed by atoms with Gasteiger partial charge in [0.2, 0.25) is 0 Å². The third-order valence-corrected chi connectivity index (χ3v) is 3.24. The van der Waals surface area contributed by atoms with Crippen LogP contribution in [0.2, 0.25) is 0 Å². The number of anilines is 1. The lowest BCUT2D eigenvalue weighted by molar-refractivity contribution is 0.274. The lowest BCUT2D eigenvalue weighted by Crippen LogP contribution is -2.20. The van der Waals surface area contributed by atoms with E-state index in [2.05, 4.69) is 12.1 Å². The summed E-state index contributed by atoms with van der Waals surface area (Å²) in [4.78, 5) is 13.8. The van der Waals surface area contributed by atoms with Gasteiger partial charge in [-0.3, -0.25) is 4.79 Å². The lowest BCUT2D eigenvalue weighted by Gasteiger charge is -2.11. The molecule has 0 saturated heterocycles. The maximum atomic E-state index is 11.8. The molecule has 0 atom stereocenters. The van der Waals surface area contributed by atoms with E-state index in [0.29, 0.717) is 6.54 Å². The normalized spacial score (nSPS) is 11.0. The van der Waals surface area contributed by atoms with Crippen molar-refractivity contribution in [1.29, 1.82) is 0 Å². The zero-order chi connectivity index (χ0) is 15.2. The van der Waals surface area contributed by atoms with Gasteiger partial charge in [-0.1, -0.05) is 24.3 Å². The summed E-state index contributed by atoms with van der Waals surface area (Å²) >= 11 is 0. The Bertz CT molecular complexity index is 670. The summed E-state index contributed by atoms with van der Waals surface area (Å²) in [6, 6.07) is 11.6. The smallest absolute Gasteiger partial charge is 0.251 e. The molecule has 0 spiro atoms. The lowest BCUT2D eigenvalue weighted by atomic mass is 10.1. The van der Waals surface area contributed by atoms with Crippen LogP contribution in [0.4, 0.5) is 5.69 Å². The van der Waals surface area contributed by atoms with E-state index < -0.39 is 0 Å². The van der Waals surface area contributed by atoms with E-state index in [4.69, 9.17) is 5.11 Å². The van der Waals surface area contributed by atoms with Gasteiger partial charge in [0, 0.05) is 38.6 Å². The van der Waals surface area contributed by atoms with Gasteiger partial charge >= 0.3 is 0 Å². The molecule has 0 aliphatic rings. The molecule has 0 aliphatic carbocycles. The van der Waals surface area contributed by atoms with E-state index in [1.165, 1.54) is 4.57 Å². The van der Waals surface area contributed by atoms with Crippen LogP contribution >= 0.6 is 0 Å². The molecule has 1 N–H and O–H groups in total. The van der Waals surface area contributed by atoms with Gasteiger partial charge in [-0.25, -0.2) is 0 Å². The number of aliphatic hydroxyl groups is 1. The topological polar surface area (TPSA) is 45.5 Å². The number of hydrogen-bond donors (Lipinski definition) is 1. The molecule has 1 aromatic carbocycles. The number of nitrogens with zero attached hydrogens (tertiary/aromatic N) is 2. The molecule has 1 heterocycles. The molecule has 4 heteroatoms. The first-order valence-electron chi connectivity index (χ1n) is 6.87. The second-order valence-corrected chi connectivity index (χ2v) is 5.03. The van der Waals surface area contributed by atoms with Crippen LogP contribution in [-0.2, 0) is 6.54 Å². The molecule has 0 aliphatic heterocycles. The van der Waals surface area contributed by atoms with Crippen LogP contribution in [-0.4, -0.2) is 30.4 Å². The fraction of sp³-hybridized carbons (Fsp3) is 0.235.